The van der Waals surface area contributed by atoms with E-state index >= 15 is 0 Å². The van der Waals surface area contributed by atoms with Crippen LogP contribution in [-0.2, 0) is 4.79 Å². The van der Waals surface area contributed by atoms with Gasteiger partial charge >= 0.3 is 5.97 Å². The standard InChI is InChI=1S/C27H22O9/c1-32-19-6-5-14(8-16(19)28)21-11-17(29)26-18(30)12-23-25(27(26)36-21)15(10-24(31)35-23)13-4-7-20(33-2)22(9-13)34-3/h4-9,11-12,15,28,30H,10H2,1-3H3/t15-/m1/s1. The zero-order valence-electron chi connectivity index (χ0n) is 19.7. The number of hydrogen-bond acceptors (Lipinski definition) is 9. The van der Waals surface area contributed by atoms with Crippen LogP contribution in [0.1, 0.15) is 23.5 Å². The summed E-state index contributed by atoms with van der Waals surface area (Å²) in [6, 6.07) is 12.3. The molecule has 9 heteroatoms. The first-order chi connectivity index (χ1) is 17.3. The molecule has 0 aliphatic carbocycles. The zero-order valence-corrected chi connectivity index (χ0v) is 19.7. The van der Waals surface area contributed by atoms with Gasteiger partial charge in [-0.05, 0) is 35.9 Å². The van der Waals surface area contributed by atoms with E-state index in [1.54, 1.807) is 30.3 Å². The molecule has 3 aromatic carbocycles. The molecule has 36 heavy (non-hydrogen) atoms. The van der Waals surface area contributed by atoms with Gasteiger partial charge in [-0.1, -0.05) is 6.07 Å². The molecule has 0 fully saturated rings. The van der Waals surface area contributed by atoms with Crippen LogP contribution in [0.25, 0.3) is 22.3 Å². The summed E-state index contributed by atoms with van der Waals surface area (Å²) in [5.74, 6) is -0.0768. The van der Waals surface area contributed by atoms with Crippen molar-refractivity contribution in [1.82, 2.24) is 0 Å². The van der Waals surface area contributed by atoms with Crippen LogP contribution in [0, 0.1) is 0 Å². The summed E-state index contributed by atoms with van der Waals surface area (Å²) in [6.45, 7) is 0. The van der Waals surface area contributed by atoms with Crippen LogP contribution < -0.4 is 24.4 Å². The molecule has 0 saturated carbocycles. The average molecular weight is 490 g/mol. The minimum atomic E-state index is -0.563. The van der Waals surface area contributed by atoms with E-state index in [1.165, 1.54) is 39.5 Å². The molecule has 5 rings (SSSR count). The zero-order chi connectivity index (χ0) is 25.6. The number of fused-ring (bicyclic) bond motifs is 3. The first-order valence-corrected chi connectivity index (χ1v) is 11.0. The molecule has 1 atom stereocenters. The first kappa shape index (κ1) is 23.1. The molecule has 0 unspecified atom stereocenters. The normalized spacial score (nSPS) is 14.8. The lowest BCUT2D eigenvalue weighted by molar-refractivity contribution is -0.135. The van der Waals surface area contributed by atoms with Crippen molar-refractivity contribution < 1.29 is 38.4 Å². The summed E-state index contributed by atoms with van der Waals surface area (Å²) < 4.78 is 27.4. The Morgan fingerprint density at radius 1 is 0.833 bits per heavy atom. The summed E-state index contributed by atoms with van der Waals surface area (Å²) in [6.07, 6.45) is -0.0282. The Bertz CT molecular complexity index is 1570. The number of methoxy groups -OCH3 is 3. The summed E-state index contributed by atoms with van der Waals surface area (Å²) in [7, 11) is 4.46. The number of carbonyl (C=O) groups is 1. The van der Waals surface area contributed by atoms with E-state index in [0.29, 0.717) is 28.2 Å². The van der Waals surface area contributed by atoms with Crippen molar-refractivity contribution >= 4 is 16.9 Å². The van der Waals surface area contributed by atoms with Gasteiger partial charge in [0.25, 0.3) is 0 Å². The van der Waals surface area contributed by atoms with Crippen molar-refractivity contribution in [2.75, 3.05) is 21.3 Å². The second-order valence-corrected chi connectivity index (χ2v) is 8.22. The fourth-order valence-electron chi connectivity index (χ4n) is 4.50. The van der Waals surface area contributed by atoms with Gasteiger partial charge in [0.15, 0.2) is 28.4 Å². The van der Waals surface area contributed by atoms with E-state index < -0.39 is 17.3 Å². The van der Waals surface area contributed by atoms with Gasteiger partial charge in [-0.2, -0.15) is 0 Å². The van der Waals surface area contributed by atoms with Crippen molar-refractivity contribution in [3.63, 3.8) is 0 Å². The third-order valence-corrected chi connectivity index (χ3v) is 6.20. The average Bonchev–Trinajstić information content (AvgIpc) is 2.87. The number of benzene rings is 3. The summed E-state index contributed by atoms with van der Waals surface area (Å²) in [4.78, 5) is 25.6. The van der Waals surface area contributed by atoms with Crippen molar-refractivity contribution in [2.24, 2.45) is 0 Å². The van der Waals surface area contributed by atoms with Crippen LogP contribution in [0.5, 0.6) is 34.5 Å². The molecule has 1 aliphatic heterocycles. The highest BCUT2D eigenvalue weighted by atomic mass is 16.5. The Balaban J connectivity index is 1.77. The minimum Gasteiger partial charge on any atom is -0.507 e. The predicted octanol–water partition coefficient (Wildman–Crippen LogP) is 4.34. The first-order valence-electron chi connectivity index (χ1n) is 11.0. The number of ether oxygens (including phenoxy) is 4. The monoisotopic (exact) mass is 490 g/mol. The third kappa shape index (κ3) is 3.74. The van der Waals surface area contributed by atoms with Crippen molar-refractivity contribution in [1.29, 1.82) is 0 Å². The number of hydrogen-bond donors (Lipinski definition) is 2. The van der Waals surface area contributed by atoms with E-state index in [4.69, 9.17) is 23.4 Å². The maximum absolute atomic E-state index is 13.1. The lowest BCUT2D eigenvalue weighted by atomic mass is 9.85. The summed E-state index contributed by atoms with van der Waals surface area (Å²) in [5, 5.41) is 20.8. The van der Waals surface area contributed by atoms with Gasteiger partial charge in [0, 0.05) is 29.2 Å². The lowest BCUT2D eigenvalue weighted by Crippen LogP contribution is -2.22. The maximum atomic E-state index is 13.1. The van der Waals surface area contributed by atoms with Gasteiger partial charge < -0.3 is 33.6 Å². The molecule has 9 nitrogen and oxygen atoms in total. The number of esters is 1. The van der Waals surface area contributed by atoms with Crippen LogP contribution in [-0.4, -0.2) is 37.5 Å². The van der Waals surface area contributed by atoms with Gasteiger partial charge in [0.1, 0.15) is 28.2 Å². The van der Waals surface area contributed by atoms with Gasteiger partial charge in [-0.3, -0.25) is 9.59 Å². The number of carbonyl (C=O) groups excluding carboxylic acids is 1. The minimum absolute atomic E-state index is 0.0282. The Morgan fingerprint density at radius 2 is 1.56 bits per heavy atom. The number of phenolic OH excluding ortho intramolecular Hbond substituents is 2. The largest absolute Gasteiger partial charge is 0.507 e. The fourth-order valence-corrected chi connectivity index (χ4v) is 4.50. The summed E-state index contributed by atoms with van der Waals surface area (Å²) >= 11 is 0. The molecule has 184 valence electrons. The van der Waals surface area contributed by atoms with Crippen LogP contribution in [0.4, 0.5) is 0 Å². The van der Waals surface area contributed by atoms with E-state index in [0.717, 1.165) is 0 Å². The third-order valence-electron chi connectivity index (χ3n) is 6.20. The van der Waals surface area contributed by atoms with E-state index in [9.17, 15) is 19.8 Å². The molecule has 0 saturated heterocycles. The molecule has 2 heterocycles. The molecule has 0 bridgehead atoms. The molecule has 2 N–H and O–H groups in total. The number of phenols is 2. The SMILES string of the molecule is COc1ccc(-c2cc(=O)c3c(O)cc4c(c3o2)[C@@H](c2ccc(OC)c(OC)c2)CC(=O)O4)cc1O. The molecule has 1 aliphatic rings. The quantitative estimate of drug-likeness (QED) is 0.310. The van der Waals surface area contributed by atoms with E-state index in [2.05, 4.69) is 0 Å². The van der Waals surface area contributed by atoms with Crippen LogP contribution >= 0.6 is 0 Å². The van der Waals surface area contributed by atoms with Crippen molar-refractivity contribution in [3.05, 3.63) is 69.9 Å². The number of aromatic hydroxyl groups is 2. The molecule has 0 spiro atoms. The Morgan fingerprint density at radius 3 is 2.25 bits per heavy atom. The molecular weight excluding hydrogens is 468 g/mol. The Kier molecular flexibility index (Phi) is 5.68. The number of rotatable bonds is 5. The molecule has 0 amide bonds. The van der Waals surface area contributed by atoms with Gasteiger partial charge in [0.2, 0.25) is 0 Å². The topological polar surface area (TPSA) is 125 Å². The smallest absolute Gasteiger partial charge is 0.312 e. The molecule has 4 aromatic rings. The Labute approximate surface area is 205 Å². The highest BCUT2D eigenvalue weighted by Gasteiger charge is 2.34. The van der Waals surface area contributed by atoms with Crippen LogP contribution in [0.2, 0.25) is 0 Å². The van der Waals surface area contributed by atoms with Crippen molar-refractivity contribution in [3.8, 4) is 45.8 Å². The highest BCUT2D eigenvalue weighted by molar-refractivity contribution is 5.93. The van der Waals surface area contributed by atoms with E-state index in [1.807, 2.05) is 0 Å². The fraction of sp³-hybridized carbons (Fsp3) is 0.185. The highest BCUT2D eigenvalue weighted by Crippen LogP contribution is 2.47. The van der Waals surface area contributed by atoms with Crippen molar-refractivity contribution in [2.45, 2.75) is 12.3 Å². The molecule has 1 aromatic heterocycles. The summed E-state index contributed by atoms with van der Waals surface area (Å²) in [5.41, 5.74) is 1.14. The van der Waals surface area contributed by atoms with Gasteiger partial charge in [0.05, 0.1) is 27.8 Å². The second kappa shape index (κ2) is 8.84. The molecular formula is C27H22O9. The van der Waals surface area contributed by atoms with Gasteiger partial charge in [-0.25, -0.2) is 0 Å². The Hall–Kier alpha value is -4.66. The maximum Gasteiger partial charge on any atom is 0.312 e. The lowest BCUT2D eigenvalue weighted by Gasteiger charge is -2.26. The van der Waals surface area contributed by atoms with Gasteiger partial charge in [-0.15, -0.1) is 0 Å². The van der Waals surface area contributed by atoms with Crippen LogP contribution in [0.3, 0.4) is 0 Å². The predicted molar refractivity (Wildman–Crippen MR) is 129 cm³/mol. The second-order valence-electron chi connectivity index (χ2n) is 8.22. The molecule has 0 radical (unpaired) electrons. The van der Waals surface area contributed by atoms with E-state index in [-0.39, 0.29) is 46.1 Å². The van der Waals surface area contributed by atoms with Crippen LogP contribution in [0.15, 0.2) is 57.7 Å².